The minimum Gasteiger partial charge on any atom is -0.423 e. The first-order valence-corrected chi connectivity index (χ1v) is 15.7. The number of halogens is 4. The van der Waals surface area contributed by atoms with Gasteiger partial charge in [-0.2, -0.15) is 10.5 Å². The van der Waals surface area contributed by atoms with Crippen LogP contribution in [0.1, 0.15) is 55.8 Å². The molecular formula is C42H24F4N2O4. The summed E-state index contributed by atoms with van der Waals surface area (Å²) in [5.74, 6) is -4.67. The van der Waals surface area contributed by atoms with Crippen molar-refractivity contribution in [2.75, 3.05) is 0 Å². The van der Waals surface area contributed by atoms with Gasteiger partial charge in [-0.05, 0) is 95.1 Å². The Morgan fingerprint density at radius 2 is 0.904 bits per heavy atom. The summed E-state index contributed by atoms with van der Waals surface area (Å²) in [5, 5.41) is 17.8. The van der Waals surface area contributed by atoms with Crippen LogP contribution in [0.3, 0.4) is 0 Å². The van der Waals surface area contributed by atoms with Gasteiger partial charge < -0.3 is 9.47 Å². The monoisotopic (exact) mass is 696 g/mol. The first-order chi connectivity index (χ1) is 25.0. The number of nitrogens with zero attached hydrogens (tertiary/aromatic N) is 2. The minimum atomic E-state index is -0.772. The summed E-state index contributed by atoms with van der Waals surface area (Å²) >= 11 is 0. The summed E-state index contributed by atoms with van der Waals surface area (Å²) in [6.07, 6.45) is 0. The summed E-state index contributed by atoms with van der Waals surface area (Å²) in [6.45, 7) is 1.94. The van der Waals surface area contributed by atoms with Crippen LogP contribution in [-0.2, 0) is 0 Å². The molecule has 6 rings (SSSR count). The van der Waals surface area contributed by atoms with Crippen LogP contribution in [0.5, 0.6) is 11.5 Å². The van der Waals surface area contributed by atoms with Crippen molar-refractivity contribution in [1.29, 1.82) is 10.5 Å². The van der Waals surface area contributed by atoms with Crippen molar-refractivity contribution in [2.24, 2.45) is 0 Å². The molecule has 0 aliphatic heterocycles. The maximum atomic E-state index is 14.8. The maximum absolute atomic E-state index is 14.8. The van der Waals surface area contributed by atoms with Crippen LogP contribution in [0, 0.1) is 45.9 Å². The Morgan fingerprint density at radius 1 is 0.519 bits per heavy atom. The molecule has 52 heavy (non-hydrogen) atoms. The van der Waals surface area contributed by atoms with Crippen molar-refractivity contribution in [3.63, 3.8) is 0 Å². The second-order valence-electron chi connectivity index (χ2n) is 11.6. The van der Waals surface area contributed by atoms with Crippen molar-refractivity contribution in [3.8, 4) is 45.9 Å². The Kier molecular flexibility index (Phi) is 9.93. The number of carbonyl (C=O) groups is 2. The molecular weight excluding hydrogens is 672 g/mol. The quantitative estimate of drug-likeness (QED) is 0.0892. The summed E-state index contributed by atoms with van der Waals surface area (Å²) in [6, 6.07) is 31.7. The lowest BCUT2D eigenvalue weighted by Crippen LogP contribution is -2.09. The standard InChI is InChI=1S/C42H24F4N2O4/c1-24(25-2-6-27(7-3-25)41(49)51-33-14-16-35(39(45)20-33)29-10-12-31(22-47)37(43)18-29)26-4-8-28(9-5-26)42(50)52-34-15-17-36(40(46)21-34)30-11-13-32(23-48)38(44)19-30/h2-21,24H,1H3. The van der Waals surface area contributed by atoms with Gasteiger partial charge in [-0.25, -0.2) is 27.2 Å². The summed E-state index contributed by atoms with van der Waals surface area (Å²) in [4.78, 5) is 25.6. The zero-order valence-electron chi connectivity index (χ0n) is 27.2. The second-order valence-corrected chi connectivity index (χ2v) is 11.6. The maximum Gasteiger partial charge on any atom is 0.343 e. The van der Waals surface area contributed by atoms with Crippen LogP contribution in [0.2, 0.25) is 0 Å². The summed E-state index contributed by atoms with van der Waals surface area (Å²) < 4.78 is 68.5. The van der Waals surface area contributed by atoms with E-state index in [0.717, 1.165) is 35.4 Å². The third kappa shape index (κ3) is 7.42. The molecule has 0 N–H and O–H groups in total. The van der Waals surface area contributed by atoms with E-state index in [9.17, 15) is 27.2 Å². The third-order valence-electron chi connectivity index (χ3n) is 8.40. The molecule has 0 aromatic heterocycles. The molecule has 0 atom stereocenters. The number of esters is 2. The van der Waals surface area contributed by atoms with Gasteiger partial charge in [-0.3, -0.25) is 0 Å². The molecule has 0 saturated carbocycles. The zero-order chi connectivity index (χ0) is 36.9. The molecule has 0 aliphatic carbocycles. The lowest BCUT2D eigenvalue weighted by atomic mass is 9.92. The fourth-order valence-electron chi connectivity index (χ4n) is 5.47. The molecule has 0 amide bonds. The Bertz CT molecular complexity index is 2260. The number of hydrogen-bond acceptors (Lipinski definition) is 6. The number of rotatable bonds is 8. The van der Waals surface area contributed by atoms with Gasteiger partial charge in [-0.15, -0.1) is 0 Å². The topological polar surface area (TPSA) is 100 Å². The van der Waals surface area contributed by atoms with Gasteiger partial charge in [0, 0.05) is 29.2 Å². The largest absolute Gasteiger partial charge is 0.423 e. The van der Waals surface area contributed by atoms with Crippen molar-refractivity contribution in [1.82, 2.24) is 0 Å². The van der Waals surface area contributed by atoms with Crippen molar-refractivity contribution in [2.45, 2.75) is 12.8 Å². The average Bonchev–Trinajstić information content (AvgIpc) is 3.14. The van der Waals surface area contributed by atoms with Crippen molar-refractivity contribution >= 4 is 11.9 Å². The Hall–Kier alpha value is -7.04. The minimum absolute atomic E-state index is 0.0432. The highest BCUT2D eigenvalue weighted by Crippen LogP contribution is 2.31. The predicted octanol–water partition coefficient (Wildman–Crippen LogP) is 9.91. The number of nitriles is 2. The SMILES string of the molecule is CC(c1ccc(C(=O)Oc2ccc(-c3ccc(C#N)c(F)c3)c(F)c2)cc1)c1ccc(C(=O)Oc2ccc(-c3ccc(C#N)c(F)c3)c(F)c2)cc1. The van der Waals surface area contributed by atoms with Gasteiger partial charge in [0.1, 0.15) is 46.9 Å². The molecule has 6 aromatic carbocycles. The van der Waals surface area contributed by atoms with Crippen LogP contribution in [0.25, 0.3) is 22.3 Å². The molecule has 6 nitrogen and oxygen atoms in total. The molecule has 6 aromatic rings. The van der Waals surface area contributed by atoms with Crippen LogP contribution < -0.4 is 9.47 Å². The molecule has 0 unspecified atom stereocenters. The van der Waals surface area contributed by atoms with Gasteiger partial charge in [0.2, 0.25) is 0 Å². The van der Waals surface area contributed by atoms with Gasteiger partial charge >= 0.3 is 11.9 Å². The third-order valence-corrected chi connectivity index (χ3v) is 8.40. The predicted molar refractivity (Wildman–Crippen MR) is 183 cm³/mol. The van der Waals surface area contributed by atoms with E-state index in [1.165, 1.54) is 48.5 Å². The van der Waals surface area contributed by atoms with E-state index in [2.05, 4.69) is 0 Å². The molecule has 0 radical (unpaired) electrons. The molecule has 0 saturated heterocycles. The van der Waals surface area contributed by atoms with E-state index < -0.39 is 35.2 Å². The van der Waals surface area contributed by atoms with Gasteiger partial charge in [-0.1, -0.05) is 43.3 Å². The highest BCUT2D eigenvalue weighted by atomic mass is 19.1. The van der Waals surface area contributed by atoms with E-state index in [1.54, 1.807) is 60.7 Å². The Morgan fingerprint density at radius 3 is 1.23 bits per heavy atom. The Balaban J connectivity index is 1.07. The highest BCUT2D eigenvalue weighted by Gasteiger charge is 2.17. The summed E-state index contributed by atoms with van der Waals surface area (Å²) in [7, 11) is 0. The molecule has 0 bridgehead atoms. The Labute approximate surface area is 295 Å². The number of benzene rings is 6. The molecule has 0 heterocycles. The first kappa shape index (κ1) is 34.8. The number of hydrogen-bond donors (Lipinski definition) is 0. The number of carbonyl (C=O) groups excluding carboxylic acids is 2. The van der Waals surface area contributed by atoms with Crippen LogP contribution >= 0.6 is 0 Å². The molecule has 0 aliphatic rings. The van der Waals surface area contributed by atoms with E-state index in [1.807, 2.05) is 6.92 Å². The molecule has 0 fully saturated rings. The second kappa shape index (κ2) is 14.8. The van der Waals surface area contributed by atoms with Gasteiger partial charge in [0.05, 0.1) is 22.3 Å². The van der Waals surface area contributed by atoms with Crippen LogP contribution in [-0.4, -0.2) is 11.9 Å². The first-order valence-electron chi connectivity index (χ1n) is 15.7. The van der Waals surface area contributed by atoms with E-state index in [-0.39, 0.29) is 61.9 Å². The molecule has 254 valence electrons. The van der Waals surface area contributed by atoms with E-state index in [4.69, 9.17) is 20.0 Å². The van der Waals surface area contributed by atoms with Crippen LogP contribution in [0.4, 0.5) is 17.6 Å². The zero-order valence-corrected chi connectivity index (χ0v) is 27.2. The fourth-order valence-corrected chi connectivity index (χ4v) is 5.47. The lowest BCUT2D eigenvalue weighted by molar-refractivity contribution is 0.0724. The number of ether oxygens (including phenoxy) is 2. The average molecular weight is 697 g/mol. The molecule has 0 spiro atoms. The smallest absolute Gasteiger partial charge is 0.343 e. The lowest BCUT2D eigenvalue weighted by Gasteiger charge is -2.14. The van der Waals surface area contributed by atoms with Crippen molar-refractivity contribution in [3.05, 3.63) is 178 Å². The van der Waals surface area contributed by atoms with Crippen LogP contribution in [0.15, 0.2) is 121 Å². The van der Waals surface area contributed by atoms with Gasteiger partial charge in [0.25, 0.3) is 0 Å². The van der Waals surface area contributed by atoms with Crippen molar-refractivity contribution < 1.29 is 36.6 Å². The highest BCUT2D eigenvalue weighted by molar-refractivity contribution is 5.92. The normalized spacial score (nSPS) is 10.7. The summed E-state index contributed by atoms with van der Waals surface area (Å²) in [5.41, 5.74) is 2.45. The van der Waals surface area contributed by atoms with E-state index >= 15 is 0 Å². The van der Waals surface area contributed by atoms with E-state index in [0.29, 0.717) is 0 Å². The molecule has 10 heteroatoms. The van der Waals surface area contributed by atoms with Gasteiger partial charge in [0.15, 0.2) is 0 Å². The fraction of sp³-hybridized carbons (Fsp3) is 0.0476.